The lowest BCUT2D eigenvalue weighted by Gasteiger charge is -2.20. The monoisotopic (exact) mass is 282 g/mol. The van der Waals surface area contributed by atoms with Crippen LogP contribution in [0.1, 0.15) is 45.8 Å². The summed E-state index contributed by atoms with van der Waals surface area (Å²) in [4.78, 5) is 0. The van der Waals surface area contributed by atoms with Crippen LogP contribution in [0.2, 0.25) is 0 Å². The van der Waals surface area contributed by atoms with Gasteiger partial charge in [-0.05, 0) is 73.9 Å². The van der Waals surface area contributed by atoms with E-state index in [1.165, 1.54) is 33.4 Å². The predicted octanol–water partition coefficient (Wildman–Crippen LogP) is 4.06. The zero-order chi connectivity index (χ0) is 15.4. The normalized spacial score (nSPS) is 12.4. The highest BCUT2D eigenvalue weighted by Crippen LogP contribution is 2.25. The van der Waals surface area contributed by atoms with Gasteiger partial charge in [0, 0.05) is 6.04 Å². The van der Waals surface area contributed by atoms with Crippen molar-refractivity contribution in [1.29, 1.82) is 0 Å². The average Bonchev–Trinajstić information content (AvgIpc) is 2.46. The molecule has 0 aliphatic rings. The Kier molecular flexibility index (Phi) is 5.16. The van der Waals surface area contributed by atoms with E-state index < -0.39 is 0 Å². The Morgan fingerprint density at radius 1 is 0.905 bits per heavy atom. The molecule has 0 saturated carbocycles. The van der Waals surface area contributed by atoms with E-state index in [1.807, 2.05) is 0 Å². The molecule has 0 heterocycles. The van der Waals surface area contributed by atoms with Gasteiger partial charge in [-0.1, -0.05) is 36.4 Å². The third kappa shape index (κ3) is 3.72. The summed E-state index contributed by atoms with van der Waals surface area (Å²) in [6, 6.07) is 13.3. The third-order valence-electron chi connectivity index (χ3n) is 4.42. The fourth-order valence-electron chi connectivity index (χ4n) is 2.88. The van der Waals surface area contributed by atoms with Crippen LogP contribution in [0, 0.1) is 27.7 Å². The molecule has 1 atom stereocenters. The Bertz CT molecular complexity index is 617. The fourth-order valence-corrected chi connectivity index (χ4v) is 2.88. The van der Waals surface area contributed by atoms with E-state index >= 15 is 0 Å². The minimum atomic E-state index is 0.198. The first-order valence-corrected chi connectivity index (χ1v) is 7.61. The first-order valence-electron chi connectivity index (χ1n) is 7.61. The van der Waals surface area contributed by atoms with Crippen molar-refractivity contribution in [3.8, 4) is 0 Å². The van der Waals surface area contributed by atoms with Crippen LogP contribution in [-0.4, -0.2) is 0 Å². The molecule has 21 heavy (non-hydrogen) atoms. The van der Waals surface area contributed by atoms with Crippen molar-refractivity contribution in [2.24, 2.45) is 5.84 Å². The molecule has 2 aromatic carbocycles. The average molecular weight is 282 g/mol. The molecule has 0 fully saturated rings. The van der Waals surface area contributed by atoms with E-state index in [-0.39, 0.29) is 6.04 Å². The van der Waals surface area contributed by atoms with Gasteiger partial charge in [-0.15, -0.1) is 0 Å². The van der Waals surface area contributed by atoms with Gasteiger partial charge in [-0.25, -0.2) is 0 Å². The third-order valence-corrected chi connectivity index (χ3v) is 4.42. The molecule has 0 aliphatic heterocycles. The largest absolute Gasteiger partial charge is 0.271 e. The lowest BCUT2D eigenvalue weighted by atomic mass is 9.92. The molecule has 0 spiro atoms. The molecular formula is C19H26N2. The maximum atomic E-state index is 5.81. The van der Waals surface area contributed by atoms with Crippen molar-refractivity contribution in [1.82, 2.24) is 5.43 Å². The predicted molar refractivity (Wildman–Crippen MR) is 90.2 cm³/mol. The SMILES string of the molecule is Cc1cc(C)c(C(CCc2ccccc2C)NN)cc1C. The topological polar surface area (TPSA) is 38.0 Å². The van der Waals surface area contributed by atoms with E-state index in [2.05, 4.69) is 69.5 Å². The lowest BCUT2D eigenvalue weighted by molar-refractivity contribution is 0.513. The molecule has 1 unspecified atom stereocenters. The molecular weight excluding hydrogens is 256 g/mol. The second-order valence-electron chi connectivity index (χ2n) is 5.98. The molecule has 0 amide bonds. The van der Waals surface area contributed by atoms with Gasteiger partial charge >= 0.3 is 0 Å². The van der Waals surface area contributed by atoms with Crippen LogP contribution in [-0.2, 0) is 6.42 Å². The maximum absolute atomic E-state index is 5.81. The highest BCUT2D eigenvalue weighted by molar-refractivity contribution is 5.38. The van der Waals surface area contributed by atoms with Crippen LogP contribution in [0.15, 0.2) is 36.4 Å². The molecule has 0 aliphatic carbocycles. The van der Waals surface area contributed by atoms with Crippen molar-refractivity contribution in [3.63, 3.8) is 0 Å². The zero-order valence-corrected chi connectivity index (χ0v) is 13.5. The molecule has 0 saturated heterocycles. The first-order chi connectivity index (χ1) is 10.0. The molecule has 0 bridgehead atoms. The van der Waals surface area contributed by atoms with E-state index in [1.54, 1.807) is 0 Å². The van der Waals surface area contributed by atoms with Crippen LogP contribution in [0.4, 0.5) is 0 Å². The summed E-state index contributed by atoms with van der Waals surface area (Å²) in [5.74, 6) is 5.81. The minimum absolute atomic E-state index is 0.198. The number of rotatable bonds is 5. The van der Waals surface area contributed by atoms with Crippen LogP contribution in [0.25, 0.3) is 0 Å². The van der Waals surface area contributed by atoms with Gasteiger partial charge in [-0.3, -0.25) is 11.3 Å². The minimum Gasteiger partial charge on any atom is -0.271 e. The highest BCUT2D eigenvalue weighted by Gasteiger charge is 2.14. The second-order valence-corrected chi connectivity index (χ2v) is 5.98. The van der Waals surface area contributed by atoms with Crippen molar-refractivity contribution >= 4 is 0 Å². The molecule has 0 aromatic heterocycles. The van der Waals surface area contributed by atoms with Crippen molar-refractivity contribution in [2.45, 2.75) is 46.6 Å². The number of nitrogens with two attached hydrogens (primary N) is 1. The summed E-state index contributed by atoms with van der Waals surface area (Å²) in [5.41, 5.74) is 11.0. The van der Waals surface area contributed by atoms with Crippen molar-refractivity contribution in [3.05, 3.63) is 69.8 Å². The first kappa shape index (κ1) is 15.7. The van der Waals surface area contributed by atoms with E-state index in [0.29, 0.717) is 0 Å². The number of hydrogen-bond acceptors (Lipinski definition) is 2. The van der Waals surface area contributed by atoms with Crippen LogP contribution < -0.4 is 11.3 Å². The molecule has 2 aromatic rings. The molecule has 3 N–H and O–H groups in total. The standard InChI is InChI=1S/C19H26N2/c1-13-7-5-6-8-17(13)9-10-19(21-20)18-12-15(3)14(2)11-16(18)4/h5-8,11-12,19,21H,9-10,20H2,1-4H3. The Labute approximate surface area is 128 Å². The number of hydrazine groups is 1. The van der Waals surface area contributed by atoms with E-state index in [9.17, 15) is 0 Å². The molecule has 112 valence electrons. The Hall–Kier alpha value is -1.64. The quantitative estimate of drug-likeness (QED) is 0.641. The van der Waals surface area contributed by atoms with Gasteiger partial charge in [-0.2, -0.15) is 0 Å². The number of aryl methyl sites for hydroxylation is 5. The summed E-state index contributed by atoms with van der Waals surface area (Å²) in [6.45, 7) is 8.65. The molecule has 2 nitrogen and oxygen atoms in total. The summed E-state index contributed by atoms with van der Waals surface area (Å²) >= 11 is 0. The van der Waals surface area contributed by atoms with E-state index in [0.717, 1.165) is 12.8 Å². The second kappa shape index (κ2) is 6.88. The van der Waals surface area contributed by atoms with Crippen LogP contribution in [0.3, 0.4) is 0 Å². The smallest absolute Gasteiger partial charge is 0.0465 e. The fraction of sp³-hybridized carbons (Fsp3) is 0.368. The zero-order valence-electron chi connectivity index (χ0n) is 13.5. The highest BCUT2D eigenvalue weighted by atomic mass is 15.2. The Balaban J connectivity index is 2.17. The summed E-state index contributed by atoms with van der Waals surface area (Å²) < 4.78 is 0. The Morgan fingerprint density at radius 3 is 2.24 bits per heavy atom. The Morgan fingerprint density at radius 2 is 1.57 bits per heavy atom. The summed E-state index contributed by atoms with van der Waals surface area (Å²) in [5, 5.41) is 0. The van der Waals surface area contributed by atoms with Crippen molar-refractivity contribution in [2.75, 3.05) is 0 Å². The maximum Gasteiger partial charge on any atom is 0.0465 e. The lowest BCUT2D eigenvalue weighted by Crippen LogP contribution is -2.29. The number of hydrogen-bond donors (Lipinski definition) is 2. The number of benzene rings is 2. The van der Waals surface area contributed by atoms with Crippen LogP contribution >= 0.6 is 0 Å². The summed E-state index contributed by atoms with van der Waals surface area (Å²) in [6.07, 6.45) is 2.04. The van der Waals surface area contributed by atoms with Gasteiger partial charge in [0.1, 0.15) is 0 Å². The van der Waals surface area contributed by atoms with Gasteiger partial charge in [0.25, 0.3) is 0 Å². The van der Waals surface area contributed by atoms with E-state index in [4.69, 9.17) is 5.84 Å². The number of nitrogens with one attached hydrogen (secondary N) is 1. The molecule has 2 heteroatoms. The van der Waals surface area contributed by atoms with Gasteiger partial charge in [0.05, 0.1) is 0 Å². The van der Waals surface area contributed by atoms with Gasteiger partial charge in [0.2, 0.25) is 0 Å². The van der Waals surface area contributed by atoms with Gasteiger partial charge in [0.15, 0.2) is 0 Å². The molecule has 2 rings (SSSR count). The van der Waals surface area contributed by atoms with Gasteiger partial charge < -0.3 is 0 Å². The van der Waals surface area contributed by atoms with Crippen LogP contribution in [0.5, 0.6) is 0 Å². The molecule has 0 radical (unpaired) electrons. The summed E-state index contributed by atoms with van der Waals surface area (Å²) in [7, 11) is 0. The van der Waals surface area contributed by atoms with Crippen molar-refractivity contribution < 1.29 is 0 Å².